The molecule has 5 aromatic rings. The normalized spacial score (nSPS) is 12.0. The van der Waals surface area contributed by atoms with Crippen molar-refractivity contribution in [1.82, 2.24) is 9.97 Å². The Bertz CT molecular complexity index is 1170. The largest absolute Gasteiger partial charge is 0.492 e. The predicted octanol–water partition coefficient (Wildman–Crippen LogP) is 6.49. The highest BCUT2D eigenvalue weighted by Crippen LogP contribution is 2.41. The third-order valence-electron chi connectivity index (χ3n) is 4.55. The number of nitrogens with one attached hydrogen (secondary N) is 2. The fraction of sp³-hybridized carbons (Fsp3) is 0.0526. The van der Waals surface area contributed by atoms with Crippen LogP contribution in [-0.2, 0) is 0 Å². The van der Waals surface area contributed by atoms with Crippen LogP contribution in [0.1, 0.15) is 0 Å². The third-order valence-corrected chi connectivity index (χ3v) is 5.54. The summed E-state index contributed by atoms with van der Waals surface area (Å²) in [6, 6.07) is 14.8. The minimum atomic E-state index is 0.849. The molecule has 0 unspecified atom stereocenters. The maximum absolute atomic E-state index is 5.77. The zero-order valence-electron chi connectivity index (χ0n) is 12.7. The summed E-state index contributed by atoms with van der Waals surface area (Å²) in [4.78, 5) is 7.00. The van der Waals surface area contributed by atoms with E-state index < -0.39 is 0 Å². The van der Waals surface area contributed by atoms with Crippen LogP contribution in [0.3, 0.4) is 0 Å². The molecule has 0 aliphatic rings. The molecule has 2 aromatic heterocycles. The number of H-pyrrole nitrogens is 2. The van der Waals surface area contributed by atoms with E-state index in [1.807, 2.05) is 12.1 Å². The van der Waals surface area contributed by atoms with Gasteiger partial charge in [-0.1, -0.05) is 31.9 Å². The number of benzene rings is 3. The second kappa shape index (κ2) is 5.01. The van der Waals surface area contributed by atoms with Crippen molar-refractivity contribution in [1.29, 1.82) is 0 Å². The lowest BCUT2D eigenvalue weighted by Gasteiger charge is -2.04. The van der Waals surface area contributed by atoms with Crippen molar-refractivity contribution in [3.63, 3.8) is 0 Å². The summed E-state index contributed by atoms with van der Waals surface area (Å²) >= 11 is 7.14. The molecule has 0 saturated carbocycles. The van der Waals surface area contributed by atoms with Crippen molar-refractivity contribution >= 4 is 75.5 Å². The molecule has 2 heterocycles. The predicted molar refractivity (Wildman–Crippen MR) is 107 cm³/mol. The lowest BCUT2D eigenvalue weighted by molar-refractivity contribution is 0.423. The van der Waals surface area contributed by atoms with Crippen LogP contribution in [0.2, 0.25) is 0 Å². The highest BCUT2D eigenvalue weighted by atomic mass is 79.9. The molecule has 0 bridgehead atoms. The summed E-state index contributed by atoms with van der Waals surface area (Å²) in [5.41, 5.74) is 4.24. The van der Waals surface area contributed by atoms with E-state index >= 15 is 0 Å². The van der Waals surface area contributed by atoms with Gasteiger partial charge in [0.05, 0.1) is 18.1 Å². The Hall–Kier alpha value is -1.98. The number of fused-ring (bicyclic) bond motifs is 6. The Morgan fingerprint density at radius 1 is 0.708 bits per heavy atom. The average Bonchev–Trinajstić information content (AvgIpc) is 3.10. The van der Waals surface area contributed by atoms with Crippen molar-refractivity contribution < 1.29 is 4.74 Å². The first kappa shape index (κ1) is 14.4. The Kier molecular flexibility index (Phi) is 3.00. The van der Waals surface area contributed by atoms with Gasteiger partial charge in [-0.3, -0.25) is 0 Å². The number of rotatable bonds is 1. The number of hydrogen-bond acceptors (Lipinski definition) is 1. The summed E-state index contributed by atoms with van der Waals surface area (Å²) in [6.07, 6.45) is 0. The highest BCUT2D eigenvalue weighted by molar-refractivity contribution is 9.10. The van der Waals surface area contributed by atoms with Gasteiger partial charge in [0.2, 0.25) is 0 Å². The molecule has 0 fully saturated rings. The molecule has 2 N–H and O–H groups in total. The van der Waals surface area contributed by atoms with Gasteiger partial charge in [-0.15, -0.1) is 0 Å². The van der Waals surface area contributed by atoms with E-state index in [0.29, 0.717) is 0 Å². The lowest BCUT2D eigenvalue weighted by Crippen LogP contribution is -1.86. The van der Waals surface area contributed by atoms with Gasteiger partial charge in [0.25, 0.3) is 0 Å². The van der Waals surface area contributed by atoms with Gasteiger partial charge in [-0.25, -0.2) is 0 Å². The van der Waals surface area contributed by atoms with E-state index in [2.05, 4.69) is 72.2 Å². The second-order valence-electron chi connectivity index (χ2n) is 5.88. The van der Waals surface area contributed by atoms with E-state index in [0.717, 1.165) is 47.5 Å². The topological polar surface area (TPSA) is 40.8 Å². The Balaban J connectivity index is 2.06. The zero-order valence-corrected chi connectivity index (χ0v) is 15.9. The molecule has 24 heavy (non-hydrogen) atoms. The number of ether oxygens (including phenoxy) is 1. The van der Waals surface area contributed by atoms with E-state index in [-0.39, 0.29) is 0 Å². The maximum Gasteiger partial charge on any atom is 0.166 e. The van der Waals surface area contributed by atoms with E-state index in [1.165, 1.54) is 10.8 Å². The molecular weight excluding hydrogens is 432 g/mol. The van der Waals surface area contributed by atoms with Crippen LogP contribution in [0.5, 0.6) is 5.75 Å². The van der Waals surface area contributed by atoms with Crippen molar-refractivity contribution in [3.8, 4) is 5.75 Å². The molecule has 0 saturated heterocycles. The molecule has 118 valence electrons. The monoisotopic (exact) mass is 442 g/mol. The first-order valence-corrected chi connectivity index (χ1v) is 9.13. The first-order valence-electron chi connectivity index (χ1n) is 7.54. The molecule has 5 heteroatoms. The average molecular weight is 444 g/mol. The summed E-state index contributed by atoms with van der Waals surface area (Å²) < 4.78 is 7.91. The fourth-order valence-electron chi connectivity index (χ4n) is 3.50. The number of halogens is 2. The van der Waals surface area contributed by atoms with E-state index in [4.69, 9.17) is 4.74 Å². The number of methoxy groups -OCH3 is 1. The Labute approximate surface area is 154 Å². The molecule has 3 nitrogen and oxygen atoms in total. The lowest BCUT2D eigenvalue weighted by atomic mass is 10.1. The van der Waals surface area contributed by atoms with Gasteiger partial charge < -0.3 is 14.7 Å². The van der Waals surface area contributed by atoms with E-state index in [9.17, 15) is 0 Å². The minimum Gasteiger partial charge on any atom is -0.492 e. The summed E-state index contributed by atoms with van der Waals surface area (Å²) in [7, 11) is 1.72. The maximum atomic E-state index is 5.77. The molecule has 0 aliphatic heterocycles. The molecule has 0 atom stereocenters. The summed E-state index contributed by atoms with van der Waals surface area (Å²) in [5.74, 6) is 0.849. The smallest absolute Gasteiger partial charge is 0.166 e. The molecule has 0 spiro atoms. The summed E-state index contributed by atoms with van der Waals surface area (Å²) in [5, 5.41) is 4.70. The SMILES string of the molecule is COc1c2[nH]c3ccc(Br)cc3c2cc2c1[nH]c1ccc(Br)cc12. The Morgan fingerprint density at radius 2 is 1.21 bits per heavy atom. The van der Waals surface area contributed by atoms with Crippen LogP contribution >= 0.6 is 31.9 Å². The van der Waals surface area contributed by atoms with Crippen molar-refractivity contribution in [3.05, 3.63) is 51.4 Å². The zero-order chi connectivity index (χ0) is 16.4. The molecule has 0 aliphatic carbocycles. The number of hydrogen-bond donors (Lipinski definition) is 2. The second-order valence-corrected chi connectivity index (χ2v) is 7.72. The van der Waals surface area contributed by atoms with Crippen LogP contribution in [0.15, 0.2) is 51.4 Å². The van der Waals surface area contributed by atoms with Crippen LogP contribution < -0.4 is 4.74 Å². The van der Waals surface area contributed by atoms with Crippen LogP contribution in [0, 0.1) is 0 Å². The standard InChI is InChI=1S/C19H12Br2N2O/c1-24-19-17-13(11-6-9(20)2-4-15(11)22-17)8-14-12-7-10(21)3-5-16(12)23-18(14)19/h2-8,22-23H,1H3. The quantitative estimate of drug-likeness (QED) is 0.305. The van der Waals surface area contributed by atoms with Crippen molar-refractivity contribution in [2.75, 3.05) is 7.11 Å². The molecule has 5 rings (SSSR count). The Morgan fingerprint density at radius 3 is 1.67 bits per heavy atom. The number of aromatic nitrogens is 2. The first-order chi connectivity index (χ1) is 11.7. The number of aromatic amines is 2. The van der Waals surface area contributed by atoms with Gasteiger partial charge in [0, 0.05) is 41.5 Å². The third kappa shape index (κ3) is 1.88. The summed E-state index contributed by atoms with van der Waals surface area (Å²) in [6.45, 7) is 0. The van der Waals surface area contributed by atoms with Gasteiger partial charge in [-0.05, 0) is 42.5 Å². The van der Waals surface area contributed by atoms with Crippen LogP contribution in [0.25, 0.3) is 43.6 Å². The van der Waals surface area contributed by atoms with E-state index in [1.54, 1.807) is 7.11 Å². The molecule has 3 aromatic carbocycles. The van der Waals surface area contributed by atoms with Crippen LogP contribution in [0.4, 0.5) is 0 Å². The molecular formula is C19H12Br2N2O. The van der Waals surface area contributed by atoms with Gasteiger partial charge in [-0.2, -0.15) is 0 Å². The van der Waals surface area contributed by atoms with Gasteiger partial charge in [0.1, 0.15) is 0 Å². The fourth-order valence-corrected chi connectivity index (χ4v) is 4.22. The molecule has 0 radical (unpaired) electrons. The van der Waals surface area contributed by atoms with Crippen molar-refractivity contribution in [2.24, 2.45) is 0 Å². The van der Waals surface area contributed by atoms with Crippen LogP contribution in [-0.4, -0.2) is 17.1 Å². The van der Waals surface area contributed by atoms with Crippen molar-refractivity contribution in [2.45, 2.75) is 0 Å². The highest BCUT2D eigenvalue weighted by Gasteiger charge is 2.17. The molecule has 0 amide bonds. The van der Waals surface area contributed by atoms with Gasteiger partial charge in [0.15, 0.2) is 5.75 Å². The van der Waals surface area contributed by atoms with Gasteiger partial charge >= 0.3 is 0 Å². The minimum absolute atomic E-state index is 0.849.